The molecular formula is C17H14Br4O. The molecule has 0 spiro atoms. The molecule has 0 aliphatic carbocycles. The van der Waals surface area contributed by atoms with Gasteiger partial charge in [-0.15, -0.1) is 0 Å². The van der Waals surface area contributed by atoms with Gasteiger partial charge in [-0.05, 0) is 36.1 Å². The van der Waals surface area contributed by atoms with Crippen LogP contribution in [0.15, 0.2) is 33.2 Å². The van der Waals surface area contributed by atoms with E-state index in [4.69, 9.17) is 0 Å². The highest BCUT2D eigenvalue weighted by atomic mass is 79.9. The first kappa shape index (κ1) is 18.4. The molecule has 5 heteroatoms. The third-order valence-corrected chi connectivity index (χ3v) is 6.96. The molecule has 2 aromatic rings. The molecule has 0 N–H and O–H groups in total. The van der Waals surface area contributed by atoms with Gasteiger partial charge in [0.25, 0.3) is 0 Å². The predicted octanol–water partition coefficient (Wildman–Crippen LogP) is 6.85. The number of rotatable bonds is 4. The minimum absolute atomic E-state index is 0.0466. The van der Waals surface area contributed by atoms with Crippen molar-refractivity contribution in [1.29, 1.82) is 0 Å². The first-order valence-corrected chi connectivity index (χ1v) is 10.5. The second-order valence-electron chi connectivity index (χ2n) is 5.04. The van der Waals surface area contributed by atoms with Crippen LogP contribution in [0.25, 0.3) is 0 Å². The number of ketones is 1. The monoisotopic (exact) mass is 550 g/mol. The third kappa shape index (κ3) is 3.42. The molecule has 0 radical (unpaired) electrons. The summed E-state index contributed by atoms with van der Waals surface area (Å²) in [5.41, 5.74) is 5.68. The second kappa shape index (κ2) is 7.73. The molecule has 0 amide bonds. The van der Waals surface area contributed by atoms with E-state index in [-0.39, 0.29) is 5.78 Å². The van der Waals surface area contributed by atoms with Crippen molar-refractivity contribution in [3.05, 3.63) is 66.6 Å². The summed E-state index contributed by atoms with van der Waals surface area (Å²) in [6, 6.07) is 7.76. The van der Waals surface area contributed by atoms with Crippen LogP contribution in [0.3, 0.4) is 0 Å². The van der Waals surface area contributed by atoms with Crippen LogP contribution in [-0.2, 0) is 10.7 Å². The van der Waals surface area contributed by atoms with Crippen molar-refractivity contribution in [3.8, 4) is 0 Å². The quantitative estimate of drug-likeness (QED) is 0.299. The Morgan fingerprint density at radius 3 is 1.50 bits per heavy atom. The Hall–Kier alpha value is 0.0300. The predicted molar refractivity (Wildman–Crippen MR) is 106 cm³/mol. The molecule has 0 aromatic heterocycles. The fourth-order valence-corrected chi connectivity index (χ4v) is 5.20. The normalized spacial score (nSPS) is 10.8. The van der Waals surface area contributed by atoms with Gasteiger partial charge < -0.3 is 0 Å². The maximum Gasteiger partial charge on any atom is 0.193 e. The van der Waals surface area contributed by atoms with Gasteiger partial charge in [-0.25, -0.2) is 0 Å². The first-order valence-electron chi connectivity index (χ1n) is 6.65. The van der Waals surface area contributed by atoms with E-state index in [1.54, 1.807) is 0 Å². The standard InChI is InChI=1S/C17H14Br4O/c1-9-3-5-11(13(7-18)15(9)20)17(22)12-6-4-10(2)16(21)14(12)8-19/h3-6H,7-8H2,1-2H3. The highest BCUT2D eigenvalue weighted by Crippen LogP contribution is 2.32. The van der Waals surface area contributed by atoms with Crippen LogP contribution < -0.4 is 0 Å². The lowest BCUT2D eigenvalue weighted by molar-refractivity contribution is 0.103. The number of aryl methyl sites for hydroxylation is 2. The van der Waals surface area contributed by atoms with Gasteiger partial charge in [0.2, 0.25) is 0 Å². The summed E-state index contributed by atoms with van der Waals surface area (Å²) in [5.74, 6) is 0.0466. The van der Waals surface area contributed by atoms with Crippen molar-refractivity contribution in [2.24, 2.45) is 0 Å². The lowest BCUT2D eigenvalue weighted by atomic mass is 9.94. The van der Waals surface area contributed by atoms with E-state index >= 15 is 0 Å². The Labute approximate surface area is 164 Å². The molecule has 22 heavy (non-hydrogen) atoms. The van der Waals surface area contributed by atoms with E-state index in [1.165, 1.54) is 0 Å². The van der Waals surface area contributed by atoms with Gasteiger partial charge in [-0.1, -0.05) is 88.0 Å². The van der Waals surface area contributed by atoms with Crippen LogP contribution in [0.1, 0.15) is 38.2 Å². The van der Waals surface area contributed by atoms with Gasteiger partial charge in [0.1, 0.15) is 0 Å². The number of benzene rings is 2. The molecule has 1 nitrogen and oxygen atoms in total. The van der Waals surface area contributed by atoms with Crippen molar-refractivity contribution >= 4 is 69.5 Å². The third-order valence-electron chi connectivity index (χ3n) is 3.63. The minimum atomic E-state index is 0.0466. The molecule has 0 unspecified atom stereocenters. The van der Waals surface area contributed by atoms with Gasteiger partial charge in [0.05, 0.1) is 0 Å². The Morgan fingerprint density at radius 2 is 1.18 bits per heavy atom. The van der Waals surface area contributed by atoms with Gasteiger partial charge in [0.15, 0.2) is 5.78 Å². The van der Waals surface area contributed by atoms with Crippen molar-refractivity contribution in [2.45, 2.75) is 24.5 Å². The first-order chi connectivity index (χ1) is 10.4. The molecule has 2 rings (SSSR count). The number of hydrogen-bond donors (Lipinski definition) is 0. The Bertz CT molecular complexity index is 676. The van der Waals surface area contributed by atoms with Crippen LogP contribution in [0.2, 0.25) is 0 Å². The highest BCUT2D eigenvalue weighted by molar-refractivity contribution is 9.11. The Balaban J connectivity index is 2.64. The minimum Gasteiger partial charge on any atom is -0.289 e. The fraction of sp³-hybridized carbons (Fsp3) is 0.235. The summed E-state index contributed by atoms with van der Waals surface area (Å²) >= 11 is 14.2. The number of hydrogen-bond acceptors (Lipinski definition) is 1. The van der Waals surface area contributed by atoms with E-state index in [0.717, 1.165) is 42.3 Å². The molecular weight excluding hydrogens is 540 g/mol. The maximum atomic E-state index is 13.0. The zero-order valence-corrected chi connectivity index (χ0v) is 18.5. The van der Waals surface area contributed by atoms with Crippen LogP contribution in [0, 0.1) is 13.8 Å². The second-order valence-corrected chi connectivity index (χ2v) is 7.75. The average Bonchev–Trinajstić information content (AvgIpc) is 2.51. The molecule has 0 aliphatic heterocycles. The molecule has 116 valence electrons. The van der Waals surface area contributed by atoms with E-state index in [0.29, 0.717) is 10.7 Å². The van der Waals surface area contributed by atoms with Gasteiger partial charge >= 0.3 is 0 Å². The lowest BCUT2D eigenvalue weighted by Crippen LogP contribution is -2.09. The molecule has 0 aliphatic rings. The topological polar surface area (TPSA) is 17.1 Å². The summed E-state index contributed by atoms with van der Waals surface area (Å²) in [5, 5.41) is 1.26. The van der Waals surface area contributed by atoms with E-state index < -0.39 is 0 Å². The molecule has 2 aromatic carbocycles. The maximum absolute atomic E-state index is 13.0. The molecule has 0 bridgehead atoms. The summed E-state index contributed by atoms with van der Waals surface area (Å²) in [6.45, 7) is 4.05. The molecule has 0 heterocycles. The SMILES string of the molecule is Cc1ccc(C(=O)c2ccc(C)c(Br)c2CBr)c(CBr)c1Br. The number of carbonyl (C=O) groups is 1. The molecule has 0 saturated heterocycles. The zero-order chi connectivity index (χ0) is 16.4. The number of alkyl halides is 2. The van der Waals surface area contributed by atoms with Gasteiger partial charge in [0, 0.05) is 30.7 Å². The van der Waals surface area contributed by atoms with Crippen LogP contribution in [0.4, 0.5) is 0 Å². The van der Waals surface area contributed by atoms with E-state index in [2.05, 4.69) is 63.7 Å². The zero-order valence-electron chi connectivity index (χ0n) is 12.1. The Morgan fingerprint density at radius 1 is 0.818 bits per heavy atom. The summed E-state index contributed by atoms with van der Waals surface area (Å²) in [4.78, 5) is 13.0. The van der Waals surface area contributed by atoms with Crippen LogP contribution in [-0.4, -0.2) is 5.78 Å². The Kier molecular flexibility index (Phi) is 6.46. The molecule has 0 atom stereocenters. The van der Waals surface area contributed by atoms with Crippen molar-refractivity contribution in [1.82, 2.24) is 0 Å². The number of halogens is 4. The van der Waals surface area contributed by atoms with E-state index in [1.807, 2.05) is 38.1 Å². The largest absolute Gasteiger partial charge is 0.289 e. The van der Waals surface area contributed by atoms with E-state index in [9.17, 15) is 4.79 Å². The molecule has 0 fully saturated rings. The van der Waals surface area contributed by atoms with Gasteiger partial charge in [-0.3, -0.25) is 4.79 Å². The lowest BCUT2D eigenvalue weighted by Gasteiger charge is -2.14. The van der Waals surface area contributed by atoms with Gasteiger partial charge in [-0.2, -0.15) is 0 Å². The van der Waals surface area contributed by atoms with Crippen molar-refractivity contribution < 1.29 is 4.79 Å². The number of carbonyl (C=O) groups excluding carboxylic acids is 1. The highest BCUT2D eigenvalue weighted by Gasteiger charge is 2.20. The summed E-state index contributed by atoms with van der Waals surface area (Å²) in [6.07, 6.45) is 0. The summed E-state index contributed by atoms with van der Waals surface area (Å²) < 4.78 is 1.98. The molecule has 0 saturated carbocycles. The van der Waals surface area contributed by atoms with Crippen molar-refractivity contribution in [3.63, 3.8) is 0 Å². The fourth-order valence-electron chi connectivity index (χ4n) is 2.31. The smallest absolute Gasteiger partial charge is 0.193 e. The average molecular weight is 554 g/mol. The summed E-state index contributed by atoms with van der Waals surface area (Å²) in [7, 11) is 0. The van der Waals surface area contributed by atoms with Crippen LogP contribution >= 0.6 is 63.7 Å². The van der Waals surface area contributed by atoms with Crippen LogP contribution in [0.5, 0.6) is 0 Å². The van der Waals surface area contributed by atoms with Crippen molar-refractivity contribution in [2.75, 3.05) is 0 Å².